The second-order valence-electron chi connectivity index (χ2n) is 11.1. The van der Waals surface area contributed by atoms with Gasteiger partial charge in [-0.3, -0.25) is 9.36 Å². The average Bonchev–Trinajstić information content (AvgIpc) is 2.92. The summed E-state index contributed by atoms with van der Waals surface area (Å²) >= 11 is 0. The topological polar surface area (TPSA) is 108 Å². The second-order valence-corrected chi connectivity index (χ2v) is 12.5. The third-order valence-corrected chi connectivity index (χ3v) is 6.86. The Bertz CT molecular complexity index is 918. The van der Waals surface area contributed by atoms with Crippen LogP contribution in [-0.2, 0) is 18.4 Å². The van der Waals surface area contributed by atoms with Gasteiger partial charge in [-0.1, -0.05) is 93.2 Å². The predicted molar refractivity (Wildman–Crippen MR) is 173 cm³/mol. The Hall–Kier alpha value is -2.06. The number of amides is 1. The maximum absolute atomic E-state index is 12.6. The lowest BCUT2D eigenvalue weighted by Crippen LogP contribution is -2.45. The molecule has 0 heterocycles. The lowest BCUT2D eigenvalue weighted by atomic mass is 10.1. The number of carbonyl (C=O) groups excluding carboxylic acids is 1. The summed E-state index contributed by atoms with van der Waals surface area (Å²) in [6, 6.07) is -0.939. The first-order chi connectivity index (χ1) is 20.0. The molecule has 0 aromatic heterocycles. The molecule has 0 saturated carbocycles. The summed E-state index contributed by atoms with van der Waals surface area (Å²) in [7, 11) is 1.18. The first kappa shape index (κ1) is 39.9. The van der Waals surface area contributed by atoms with Crippen LogP contribution in [0.4, 0.5) is 0 Å². The number of quaternary nitrogens is 1. The van der Waals surface area contributed by atoms with E-state index in [2.05, 4.69) is 67.8 Å². The van der Waals surface area contributed by atoms with Crippen LogP contribution in [0.25, 0.3) is 0 Å². The van der Waals surface area contributed by atoms with Crippen molar-refractivity contribution in [2.75, 3.05) is 40.9 Å². The Morgan fingerprint density at radius 3 is 1.98 bits per heavy atom. The SMILES string of the molecule is CC/C=C\C/C=C\C/C=C\C/C=C\CCC(=O)NC(COP(=O)([O-])OCC[N+](C)(C)C)C(O)/C=C/CC/C=C/CCC. The van der Waals surface area contributed by atoms with E-state index in [0.29, 0.717) is 17.4 Å². The van der Waals surface area contributed by atoms with E-state index in [1.165, 1.54) is 0 Å². The van der Waals surface area contributed by atoms with E-state index in [4.69, 9.17) is 9.05 Å². The highest BCUT2D eigenvalue weighted by molar-refractivity contribution is 7.45. The van der Waals surface area contributed by atoms with Crippen molar-refractivity contribution in [3.63, 3.8) is 0 Å². The summed E-state index contributed by atoms with van der Waals surface area (Å²) in [5.41, 5.74) is 0. The van der Waals surface area contributed by atoms with Gasteiger partial charge in [-0.05, 0) is 51.4 Å². The zero-order valence-electron chi connectivity index (χ0n) is 26.7. The fraction of sp³-hybridized carbons (Fsp3) is 0.606. The van der Waals surface area contributed by atoms with Crippen LogP contribution in [0.2, 0.25) is 0 Å². The molecule has 0 saturated heterocycles. The molecule has 3 atom stereocenters. The summed E-state index contributed by atoms with van der Waals surface area (Å²) in [4.78, 5) is 24.8. The molecule has 8 nitrogen and oxygen atoms in total. The van der Waals surface area contributed by atoms with Crippen LogP contribution in [0.5, 0.6) is 0 Å². The van der Waals surface area contributed by atoms with Crippen molar-refractivity contribution >= 4 is 13.7 Å². The molecule has 0 rings (SSSR count). The van der Waals surface area contributed by atoms with Crippen LogP contribution < -0.4 is 10.2 Å². The fourth-order valence-corrected chi connectivity index (χ4v) is 4.14. The van der Waals surface area contributed by atoms with Gasteiger partial charge in [-0.15, -0.1) is 0 Å². The number of allylic oxidation sites excluding steroid dienone is 11. The first-order valence-electron chi connectivity index (χ1n) is 15.3. The molecule has 3 unspecified atom stereocenters. The van der Waals surface area contributed by atoms with Crippen LogP contribution in [0.3, 0.4) is 0 Å². The van der Waals surface area contributed by atoms with Crippen molar-refractivity contribution in [2.24, 2.45) is 0 Å². The van der Waals surface area contributed by atoms with E-state index in [0.717, 1.165) is 51.4 Å². The number of nitrogens with zero attached hydrogens (tertiary/aromatic N) is 1. The zero-order valence-corrected chi connectivity index (χ0v) is 27.6. The molecule has 0 bridgehead atoms. The molecule has 0 aromatic rings. The molecule has 0 aliphatic heterocycles. The van der Waals surface area contributed by atoms with Crippen molar-refractivity contribution in [1.82, 2.24) is 5.32 Å². The standard InChI is InChI=1S/C33H57N2O6P/c1-6-8-10-12-14-15-16-17-18-19-21-23-25-27-33(37)34-31(32(36)26-24-22-20-13-11-9-7-2)30-41-42(38,39)40-29-28-35(3,4)5/h8,10-11,13-15,17-18,21,23-24,26,31-32,36H,6-7,9,12,16,19-20,22,25,27-30H2,1-5H3,(H-,34,37,38,39)/b10-8-,13-11+,15-14-,18-17-,23-21-,26-24+. The van der Waals surface area contributed by atoms with Crippen LogP contribution in [-0.4, -0.2) is 68.5 Å². The number of rotatable bonds is 25. The molecule has 0 aliphatic rings. The predicted octanol–water partition coefficient (Wildman–Crippen LogP) is 6.32. The Morgan fingerprint density at radius 2 is 1.38 bits per heavy atom. The summed E-state index contributed by atoms with van der Waals surface area (Å²) < 4.78 is 22.8. The van der Waals surface area contributed by atoms with Gasteiger partial charge in [0.25, 0.3) is 7.82 Å². The number of aliphatic hydroxyl groups excluding tert-OH is 1. The van der Waals surface area contributed by atoms with E-state index in [1.54, 1.807) is 6.08 Å². The van der Waals surface area contributed by atoms with Crippen LogP contribution in [0.1, 0.15) is 78.1 Å². The summed E-state index contributed by atoms with van der Waals surface area (Å²) in [6.45, 7) is 4.27. The van der Waals surface area contributed by atoms with Gasteiger partial charge >= 0.3 is 0 Å². The van der Waals surface area contributed by atoms with Gasteiger partial charge in [0.05, 0.1) is 39.9 Å². The molecular weight excluding hydrogens is 551 g/mol. The number of aliphatic hydroxyl groups is 1. The molecule has 9 heteroatoms. The van der Waals surface area contributed by atoms with Crippen LogP contribution in [0.15, 0.2) is 72.9 Å². The van der Waals surface area contributed by atoms with Crippen molar-refractivity contribution in [2.45, 2.75) is 90.2 Å². The molecule has 0 aliphatic carbocycles. The van der Waals surface area contributed by atoms with E-state index < -0.39 is 26.6 Å². The minimum Gasteiger partial charge on any atom is -0.756 e. The highest BCUT2D eigenvalue weighted by Gasteiger charge is 2.23. The largest absolute Gasteiger partial charge is 0.756 e. The Labute approximate surface area is 255 Å². The minimum atomic E-state index is -4.59. The van der Waals surface area contributed by atoms with Gasteiger partial charge in [-0.25, -0.2) is 0 Å². The highest BCUT2D eigenvalue weighted by atomic mass is 31.2. The normalized spacial score (nSPS) is 16.1. The average molecular weight is 609 g/mol. The maximum atomic E-state index is 12.6. The molecule has 240 valence electrons. The lowest BCUT2D eigenvalue weighted by molar-refractivity contribution is -0.870. The monoisotopic (exact) mass is 608 g/mol. The third-order valence-electron chi connectivity index (χ3n) is 5.89. The summed E-state index contributed by atoms with van der Waals surface area (Å²) in [6.07, 6.45) is 31.4. The van der Waals surface area contributed by atoms with E-state index >= 15 is 0 Å². The van der Waals surface area contributed by atoms with Gasteiger partial charge in [0, 0.05) is 6.42 Å². The zero-order chi connectivity index (χ0) is 31.5. The fourth-order valence-electron chi connectivity index (χ4n) is 3.42. The van der Waals surface area contributed by atoms with Gasteiger partial charge in [-0.2, -0.15) is 0 Å². The second kappa shape index (κ2) is 25.4. The number of likely N-dealkylation sites (N-methyl/N-ethyl adjacent to an activating group) is 1. The van der Waals surface area contributed by atoms with Gasteiger partial charge in [0.2, 0.25) is 5.91 Å². The molecule has 0 radical (unpaired) electrons. The Kier molecular flexibility index (Phi) is 24.2. The minimum absolute atomic E-state index is 0.0236. The molecule has 0 aromatic carbocycles. The summed E-state index contributed by atoms with van der Waals surface area (Å²) in [5, 5.41) is 13.4. The van der Waals surface area contributed by atoms with E-state index in [1.807, 2.05) is 39.4 Å². The highest BCUT2D eigenvalue weighted by Crippen LogP contribution is 2.38. The van der Waals surface area contributed by atoms with Crippen LogP contribution in [0, 0.1) is 0 Å². The van der Waals surface area contributed by atoms with Gasteiger partial charge in [0.1, 0.15) is 13.2 Å². The van der Waals surface area contributed by atoms with Crippen molar-refractivity contribution in [3.05, 3.63) is 72.9 Å². The van der Waals surface area contributed by atoms with Gasteiger partial charge < -0.3 is 28.8 Å². The summed E-state index contributed by atoms with van der Waals surface area (Å²) in [5.74, 6) is -0.298. The molecule has 2 N–H and O–H groups in total. The van der Waals surface area contributed by atoms with E-state index in [-0.39, 0.29) is 18.9 Å². The third kappa shape index (κ3) is 26.8. The smallest absolute Gasteiger partial charge is 0.268 e. The Balaban J connectivity index is 4.80. The number of hydrogen-bond donors (Lipinski definition) is 2. The van der Waals surface area contributed by atoms with E-state index in [9.17, 15) is 19.4 Å². The molecule has 0 spiro atoms. The molecular formula is C33H57N2O6P. The number of nitrogens with one attached hydrogen (secondary N) is 1. The number of carbonyl (C=O) groups is 1. The number of hydrogen-bond acceptors (Lipinski definition) is 6. The van der Waals surface area contributed by atoms with Crippen molar-refractivity contribution in [1.29, 1.82) is 0 Å². The van der Waals surface area contributed by atoms with Crippen molar-refractivity contribution < 1.29 is 32.9 Å². The number of phosphoric ester groups is 1. The number of unbranched alkanes of at least 4 members (excludes halogenated alkanes) is 2. The molecule has 1 amide bonds. The quantitative estimate of drug-likeness (QED) is 0.0544. The van der Waals surface area contributed by atoms with Crippen molar-refractivity contribution in [3.8, 4) is 0 Å². The molecule has 0 fully saturated rings. The maximum Gasteiger partial charge on any atom is 0.268 e. The first-order valence-corrected chi connectivity index (χ1v) is 16.8. The lowest BCUT2D eigenvalue weighted by Gasteiger charge is -2.29. The van der Waals surface area contributed by atoms with Crippen LogP contribution >= 0.6 is 7.82 Å². The number of phosphoric acid groups is 1. The molecule has 42 heavy (non-hydrogen) atoms. The Morgan fingerprint density at radius 1 is 0.833 bits per heavy atom. The van der Waals surface area contributed by atoms with Gasteiger partial charge in [0.15, 0.2) is 0 Å².